The number of amides is 1. The Morgan fingerprint density at radius 2 is 1.71 bits per heavy atom. The van der Waals surface area contributed by atoms with Gasteiger partial charge in [0.25, 0.3) is 0 Å². The minimum absolute atomic E-state index is 0.0804. The maximum atomic E-state index is 13.3. The fourth-order valence-corrected chi connectivity index (χ4v) is 4.22. The summed E-state index contributed by atoms with van der Waals surface area (Å²) in [7, 11) is 0. The third-order valence-corrected chi connectivity index (χ3v) is 5.82. The van der Waals surface area contributed by atoms with Gasteiger partial charge < -0.3 is 5.32 Å². The summed E-state index contributed by atoms with van der Waals surface area (Å²) in [6, 6.07) is 15.5. The Bertz CT molecular complexity index is 951. The van der Waals surface area contributed by atoms with Crippen molar-refractivity contribution in [2.24, 2.45) is 0 Å². The summed E-state index contributed by atoms with van der Waals surface area (Å²) in [5, 5.41) is 3.87. The van der Waals surface area contributed by atoms with E-state index in [4.69, 9.17) is 11.6 Å². The Balaban J connectivity index is 1.56. The lowest BCUT2D eigenvalue weighted by Crippen LogP contribution is -2.42. The number of nitrogens with zero attached hydrogens (tertiary/aromatic N) is 2. The Labute approximate surface area is 170 Å². The maximum absolute atomic E-state index is 13.3. The zero-order valence-electron chi connectivity index (χ0n) is 15.6. The summed E-state index contributed by atoms with van der Waals surface area (Å²) < 4.78 is 0. The van der Waals surface area contributed by atoms with Crippen LogP contribution in [0, 0.1) is 0 Å². The second kappa shape index (κ2) is 8.11. The summed E-state index contributed by atoms with van der Waals surface area (Å²) in [6.07, 6.45) is 9.12. The van der Waals surface area contributed by atoms with Gasteiger partial charge in [-0.1, -0.05) is 42.6 Å². The number of halogens is 1. The zero-order chi connectivity index (χ0) is 19.4. The summed E-state index contributed by atoms with van der Waals surface area (Å²) in [5.41, 5.74) is 3.44. The number of carbonyl (C=O) groups is 1. The third-order valence-electron chi connectivity index (χ3n) is 5.57. The summed E-state index contributed by atoms with van der Waals surface area (Å²) in [4.78, 5) is 21.9. The third kappa shape index (κ3) is 3.65. The molecular formula is C23H22ClN3O. The van der Waals surface area contributed by atoms with E-state index in [1.54, 1.807) is 18.6 Å². The SMILES string of the molecule is O=C(NCc1cccnc1-c1ccncc1)C1(c2ccc(Cl)cc2)CCCC1. The molecule has 1 aromatic carbocycles. The number of benzene rings is 1. The monoisotopic (exact) mass is 391 g/mol. The molecule has 0 bridgehead atoms. The minimum Gasteiger partial charge on any atom is -0.351 e. The van der Waals surface area contributed by atoms with E-state index in [0.29, 0.717) is 11.6 Å². The van der Waals surface area contributed by atoms with Gasteiger partial charge in [-0.2, -0.15) is 0 Å². The summed E-state index contributed by atoms with van der Waals surface area (Å²) in [6.45, 7) is 0.444. The van der Waals surface area contributed by atoms with Gasteiger partial charge in [-0.05, 0) is 54.3 Å². The highest BCUT2D eigenvalue weighted by atomic mass is 35.5. The summed E-state index contributed by atoms with van der Waals surface area (Å²) >= 11 is 6.05. The predicted molar refractivity (Wildman–Crippen MR) is 111 cm³/mol. The first-order valence-corrected chi connectivity index (χ1v) is 9.95. The van der Waals surface area contributed by atoms with Gasteiger partial charge in [-0.15, -0.1) is 0 Å². The fraction of sp³-hybridized carbons (Fsp3) is 0.261. The Hall–Kier alpha value is -2.72. The zero-order valence-corrected chi connectivity index (χ0v) is 16.3. The first kappa shape index (κ1) is 18.6. The van der Waals surface area contributed by atoms with Gasteiger partial charge in [0.05, 0.1) is 11.1 Å². The molecule has 1 fully saturated rings. The topological polar surface area (TPSA) is 54.9 Å². The van der Waals surface area contributed by atoms with Crippen molar-refractivity contribution in [3.8, 4) is 11.3 Å². The Kier molecular flexibility index (Phi) is 5.40. The standard InChI is InChI=1S/C23H22ClN3O/c24-20-7-5-19(6-8-20)23(11-1-2-12-23)22(28)27-16-18-4-3-13-26-21(18)17-9-14-25-15-10-17/h3-10,13-15H,1-2,11-12,16H2,(H,27,28). The van der Waals surface area contributed by atoms with Crippen molar-refractivity contribution in [2.75, 3.05) is 0 Å². The van der Waals surface area contributed by atoms with Crippen LogP contribution < -0.4 is 5.32 Å². The molecule has 2 heterocycles. The van der Waals surface area contributed by atoms with Crippen LogP contribution in [-0.2, 0) is 16.8 Å². The van der Waals surface area contributed by atoms with Gasteiger partial charge >= 0.3 is 0 Å². The van der Waals surface area contributed by atoms with Crippen LogP contribution in [0.4, 0.5) is 0 Å². The second-order valence-electron chi connectivity index (χ2n) is 7.23. The second-order valence-corrected chi connectivity index (χ2v) is 7.66. The van der Waals surface area contributed by atoms with Crippen molar-refractivity contribution in [2.45, 2.75) is 37.6 Å². The molecule has 0 unspecified atom stereocenters. The van der Waals surface area contributed by atoms with E-state index in [9.17, 15) is 4.79 Å². The number of aromatic nitrogens is 2. The smallest absolute Gasteiger partial charge is 0.230 e. The molecule has 1 N–H and O–H groups in total. The number of nitrogens with one attached hydrogen (secondary N) is 1. The van der Waals surface area contributed by atoms with E-state index in [1.165, 1.54) is 0 Å². The number of carbonyl (C=O) groups excluding carboxylic acids is 1. The van der Waals surface area contributed by atoms with Crippen LogP contribution in [0.3, 0.4) is 0 Å². The quantitative estimate of drug-likeness (QED) is 0.671. The number of hydrogen-bond acceptors (Lipinski definition) is 3. The predicted octanol–water partition coefficient (Wildman–Crippen LogP) is 4.93. The molecule has 0 aliphatic heterocycles. The van der Waals surface area contributed by atoms with Gasteiger partial charge in [0.2, 0.25) is 5.91 Å². The molecule has 5 heteroatoms. The molecule has 4 rings (SSSR count). The molecule has 1 amide bonds. The van der Waals surface area contributed by atoms with Crippen molar-refractivity contribution in [3.05, 3.63) is 83.3 Å². The van der Waals surface area contributed by atoms with E-state index in [0.717, 1.165) is 48.1 Å². The average Bonchev–Trinajstić information content (AvgIpc) is 3.24. The van der Waals surface area contributed by atoms with Crippen LogP contribution in [-0.4, -0.2) is 15.9 Å². The largest absolute Gasteiger partial charge is 0.351 e. The molecule has 28 heavy (non-hydrogen) atoms. The van der Waals surface area contributed by atoms with E-state index in [-0.39, 0.29) is 5.91 Å². The van der Waals surface area contributed by atoms with Gasteiger partial charge in [-0.25, -0.2) is 0 Å². The van der Waals surface area contributed by atoms with Gasteiger partial charge in [0.1, 0.15) is 0 Å². The molecule has 1 aliphatic carbocycles. The lowest BCUT2D eigenvalue weighted by atomic mass is 9.78. The van der Waals surface area contributed by atoms with Crippen molar-refractivity contribution in [1.82, 2.24) is 15.3 Å². The fourth-order valence-electron chi connectivity index (χ4n) is 4.09. The highest BCUT2D eigenvalue weighted by Gasteiger charge is 2.42. The first-order valence-electron chi connectivity index (χ1n) is 9.58. The number of pyridine rings is 2. The van der Waals surface area contributed by atoms with Crippen LogP contribution in [0.1, 0.15) is 36.8 Å². The average molecular weight is 392 g/mol. The Morgan fingerprint density at radius 1 is 1.00 bits per heavy atom. The molecule has 2 aromatic heterocycles. The molecule has 0 spiro atoms. The number of hydrogen-bond donors (Lipinski definition) is 1. The lowest BCUT2D eigenvalue weighted by molar-refractivity contribution is -0.126. The van der Waals surface area contributed by atoms with Gasteiger partial charge in [0.15, 0.2) is 0 Å². The Morgan fingerprint density at radius 3 is 2.43 bits per heavy atom. The van der Waals surface area contributed by atoms with Crippen LogP contribution in [0.15, 0.2) is 67.1 Å². The lowest BCUT2D eigenvalue weighted by Gasteiger charge is -2.28. The van der Waals surface area contributed by atoms with Crippen LogP contribution in [0.2, 0.25) is 5.02 Å². The first-order chi connectivity index (χ1) is 13.7. The minimum atomic E-state index is -0.469. The van der Waals surface area contributed by atoms with Gasteiger partial charge in [0, 0.05) is 35.7 Å². The van der Waals surface area contributed by atoms with Gasteiger partial charge in [-0.3, -0.25) is 14.8 Å². The molecule has 3 aromatic rings. The molecule has 0 atom stereocenters. The maximum Gasteiger partial charge on any atom is 0.230 e. The molecule has 4 nitrogen and oxygen atoms in total. The van der Waals surface area contributed by atoms with Crippen LogP contribution >= 0.6 is 11.6 Å². The van der Waals surface area contributed by atoms with Crippen molar-refractivity contribution in [1.29, 1.82) is 0 Å². The van der Waals surface area contributed by atoms with E-state index in [1.807, 2.05) is 48.5 Å². The van der Waals surface area contributed by atoms with E-state index >= 15 is 0 Å². The molecular weight excluding hydrogens is 370 g/mol. The molecule has 0 radical (unpaired) electrons. The molecule has 142 valence electrons. The molecule has 0 saturated heterocycles. The van der Waals surface area contributed by atoms with Crippen molar-refractivity contribution in [3.63, 3.8) is 0 Å². The van der Waals surface area contributed by atoms with E-state index in [2.05, 4.69) is 15.3 Å². The van der Waals surface area contributed by atoms with Crippen molar-refractivity contribution < 1.29 is 4.79 Å². The van der Waals surface area contributed by atoms with Crippen molar-refractivity contribution >= 4 is 17.5 Å². The molecule has 1 saturated carbocycles. The highest BCUT2D eigenvalue weighted by molar-refractivity contribution is 6.30. The summed E-state index contributed by atoms with van der Waals surface area (Å²) in [5.74, 6) is 0.0804. The van der Waals surface area contributed by atoms with Crippen LogP contribution in [0.25, 0.3) is 11.3 Å². The molecule has 1 aliphatic rings. The van der Waals surface area contributed by atoms with Crippen LogP contribution in [0.5, 0.6) is 0 Å². The van der Waals surface area contributed by atoms with E-state index < -0.39 is 5.41 Å². The normalized spacial score (nSPS) is 15.3. The number of rotatable bonds is 5. The highest BCUT2D eigenvalue weighted by Crippen LogP contribution is 2.41.